The average Bonchev–Trinajstić information content (AvgIpc) is 2.95. The molecule has 1 aliphatic rings. The van der Waals surface area contributed by atoms with Crippen molar-refractivity contribution in [3.05, 3.63) is 56.7 Å². The lowest BCUT2D eigenvalue weighted by atomic mass is 10.0. The Morgan fingerprint density at radius 1 is 1.23 bits per heavy atom. The number of fused-ring (bicyclic) bond motifs is 1. The molecule has 0 aliphatic carbocycles. The monoisotopic (exact) mass is 423 g/mol. The van der Waals surface area contributed by atoms with Gasteiger partial charge in [-0.25, -0.2) is 0 Å². The first kappa shape index (κ1) is 22.5. The van der Waals surface area contributed by atoms with Gasteiger partial charge in [0.1, 0.15) is 6.04 Å². The molecule has 0 bridgehead atoms. The van der Waals surface area contributed by atoms with Crippen molar-refractivity contribution in [2.75, 3.05) is 6.54 Å². The van der Waals surface area contributed by atoms with Crippen molar-refractivity contribution >= 4 is 39.3 Å². The van der Waals surface area contributed by atoms with Crippen LogP contribution in [-0.2, 0) is 28.2 Å². The lowest BCUT2D eigenvalue weighted by Gasteiger charge is -2.32. The summed E-state index contributed by atoms with van der Waals surface area (Å²) in [6, 6.07) is 8.58. The molecule has 0 fully saturated rings. The van der Waals surface area contributed by atoms with Crippen LogP contribution in [0.3, 0.4) is 0 Å². The highest BCUT2D eigenvalue weighted by molar-refractivity contribution is 7.79. The summed E-state index contributed by atoms with van der Waals surface area (Å²) in [5.41, 5.74) is 1.90. The molecule has 0 amide bonds. The minimum absolute atomic E-state index is 0. The third kappa shape index (κ3) is 6.32. The van der Waals surface area contributed by atoms with Gasteiger partial charge < -0.3 is 10.6 Å². The van der Waals surface area contributed by atoms with E-state index in [0.29, 0.717) is 17.1 Å². The van der Waals surface area contributed by atoms with Crippen molar-refractivity contribution in [3.63, 3.8) is 0 Å². The molecule has 0 unspecified atom stereocenters. The van der Waals surface area contributed by atoms with E-state index < -0.39 is 22.4 Å². The Labute approximate surface area is 159 Å². The standard InChI is InChI=1S/C15H14ClNO2S.H2O4S.H2O/c16-12-4-2-1-3-11(12)14(15(18)19)17-7-5-13-10(9-17)6-8-20-13;1-5(2,3)4;/h1-4,6,8,14H,5,7,9H2,(H,18,19);(H2,1,2,3,4);1H2/t14-;;/m0../s1. The van der Waals surface area contributed by atoms with Gasteiger partial charge in [-0.2, -0.15) is 8.42 Å². The van der Waals surface area contributed by atoms with Crippen molar-refractivity contribution in [2.24, 2.45) is 0 Å². The second-order valence-electron chi connectivity index (χ2n) is 5.30. The summed E-state index contributed by atoms with van der Waals surface area (Å²) in [6.07, 6.45) is 0.904. The molecular formula is C15H18ClNO7S2. The Kier molecular flexibility index (Phi) is 8.15. The summed E-state index contributed by atoms with van der Waals surface area (Å²) in [4.78, 5) is 15.1. The van der Waals surface area contributed by atoms with Crippen molar-refractivity contribution in [1.82, 2.24) is 4.90 Å². The highest BCUT2D eigenvalue weighted by atomic mass is 35.5. The van der Waals surface area contributed by atoms with Crippen LogP contribution in [0, 0.1) is 0 Å². The quantitative estimate of drug-likeness (QED) is 0.640. The van der Waals surface area contributed by atoms with E-state index in [2.05, 4.69) is 11.4 Å². The number of carboxylic acid groups (broad SMARTS) is 1. The zero-order valence-electron chi connectivity index (χ0n) is 13.4. The van der Waals surface area contributed by atoms with Crippen molar-refractivity contribution < 1.29 is 32.9 Å². The number of hydrogen-bond acceptors (Lipinski definition) is 5. The zero-order chi connectivity index (χ0) is 18.6. The van der Waals surface area contributed by atoms with Gasteiger partial charge in [0.2, 0.25) is 0 Å². The third-order valence-electron chi connectivity index (χ3n) is 3.64. The number of nitrogens with zero attached hydrogens (tertiary/aromatic N) is 1. The molecule has 0 radical (unpaired) electrons. The summed E-state index contributed by atoms with van der Waals surface area (Å²) in [6.45, 7) is 1.41. The minimum atomic E-state index is -4.67. The molecule has 1 aromatic carbocycles. The third-order valence-corrected chi connectivity index (χ3v) is 5.00. The number of carbonyl (C=O) groups is 1. The number of thiophene rings is 1. The van der Waals surface area contributed by atoms with Crippen LogP contribution in [0.25, 0.3) is 0 Å². The molecule has 2 aromatic rings. The van der Waals surface area contributed by atoms with Gasteiger partial charge in [-0.1, -0.05) is 29.8 Å². The molecule has 0 saturated heterocycles. The molecule has 0 saturated carbocycles. The van der Waals surface area contributed by atoms with Gasteiger partial charge in [0.05, 0.1) is 0 Å². The molecule has 144 valence electrons. The van der Waals surface area contributed by atoms with E-state index in [1.54, 1.807) is 23.5 Å². The number of halogens is 1. The summed E-state index contributed by atoms with van der Waals surface area (Å²) in [5.74, 6) is -0.850. The zero-order valence-corrected chi connectivity index (χ0v) is 15.8. The van der Waals surface area contributed by atoms with Gasteiger partial charge in [-0.05, 0) is 35.1 Å². The number of aliphatic carboxylic acids is 1. The molecule has 3 rings (SSSR count). The largest absolute Gasteiger partial charge is 0.480 e. The van der Waals surface area contributed by atoms with E-state index in [4.69, 9.17) is 29.1 Å². The van der Waals surface area contributed by atoms with E-state index in [-0.39, 0.29) is 5.48 Å². The van der Waals surface area contributed by atoms with Gasteiger partial charge in [0.25, 0.3) is 0 Å². The van der Waals surface area contributed by atoms with Gasteiger partial charge >= 0.3 is 16.4 Å². The van der Waals surface area contributed by atoms with Gasteiger partial charge in [-0.15, -0.1) is 11.3 Å². The van der Waals surface area contributed by atoms with E-state index in [1.165, 1.54) is 10.4 Å². The second-order valence-corrected chi connectivity index (χ2v) is 7.60. The highest BCUT2D eigenvalue weighted by Crippen LogP contribution is 2.33. The molecule has 11 heteroatoms. The molecule has 1 atom stereocenters. The summed E-state index contributed by atoms with van der Waals surface area (Å²) < 4.78 is 31.6. The van der Waals surface area contributed by atoms with Crippen LogP contribution in [-0.4, -0.2) is 45.5 Å². The maximum atomic E-state index is 11.7. The first-order valence-corrected chi connectivity index (χ1v) is 9.78. The highest BCUT2D eigenvalue weighted by Gasteiger charge is 2.31. The molecule has 0 spiro atoms. The average molecular weight is 424 g/mol. The van der Waals surface area contributed by atoms with Crippen molar-refractivity contribution in [3.8, 4) is 0 Å². The first-order chi connectivity index (χ1) is 11.7. The molecule has 5 N–H and O–H groups in total. The fraction of sp³-hybridized carbons (Fsp3) is 0.267. The van der Waals surface area contributed by atoms with Crippen LogP contribution in [0.5, 0.6) is 0 Å². The van der Waals surface area contributed by atoms with Gasteiger partial charge in [-0.3, -0.25) is 18.8 Å². The Balaban J connectivity index is 0.000000501. The Bertz CT molecular complexity index is 845. The van der Waals surface area contributed by atoms with Crippen LogP contribution >= 0.6 is 22.9 Å². The van der Waals surface area contributed by atoms with Crippen LogP contribution in [0.4, 0.5) is 0 Å². The molecule has 1 aromatic heterocycles. The Morgan fingerprint density at radius 3 is 2.42 bits per heavy atom. The minimum Gasteiger partial charge on any atom is -0.480 e. The Morgan fingerprint density at radius 2 is 1.85 bits per heavy atom. The maximum Gasteiger partial charge on any atom is 0.394 e. The van der Waals surface area contributed by atoms with E-state index in [9.17, 15) is 9.90 Å². The van der Waals surface area contributed by atoms with Gasteiger partial charge in [0.15, 0.2) is 0 Å². The lowest BCUT2D eigenvalue weighted by Crippen LogP contribution is -2.37. The number of carboxylic acids is 1. The molecule has 1 aliphatic heterocycles. The maximum absolute atomic E-state index is 11.7. The number of hydrogen-bond donors (Lipinski definition) is 3. The summed E-state index contributed by atoms with van der Waals surface area (Å²) in [7, 11) is -4.67. The van der Waals surface area contributed by atoms with E-state index in [1.807, 2.05) is 17.0 Å². The number of rotatable bonds is 3. The van der Waals surface area contributed by atoms with Crippen LogP contribution < -0.4 is 0 Å². The van der Waals surface area contributed by atoms with Crippen LogP contribution in [0.1, 0.15) is 22.0 Å². The lowest BCUT2D eigenvalue weighted by molar-refractivity contribution is -0.144. The van der Waals surface area contributed by atoms with Crippen molar-refractivity contribution in [1.29, 1.82) is 0 Å². The molecule has 8 nitrogen and oxygen atoms in total. The van der Waals surface area contributed by atoms with Gasteiger partial charge in [0, 0.05) is 23.0 Å². The first-order valence-electron chi connectivity index (χ1n) is 7.13. The fourth-order valence-electron chi connectivity index (χ4n) is 2.67. The van der Waals surface area contributed by atoms with E-state index in [0.717, 1.165) is 13.0 Å². The summed E-state index contributed by atoms with van der Waals surface area (Å²) in [5, 5.41) is 12.2. The molecule has 26 heavy (non-hydrogen) atoms. The smallest absolute Gasteiger partial charge is 0.394 e. The molecular weight excluding hydrogens is 406 g/mol. The normalized spacial score (nSPS) is 15.0. The predicted molar refractivity (Wildman–Crippen MR) is 98.1 cm³/mol. The topological polar surface area (TPSA) is 147 Å². The SMILES string of the molecule is O.O=C(O)[C@H](c1ccccc1Cl)N1CCc2sccc2C1.O=S(=O)(O)O. The fourth-order valence-corrected chi connectivity index (χ4v) is 3.80. The second kappa shape index (κ2) is 9.42. The summed E-state index contributed by atoms with van der Waals surface area (Å²) >= 11 is 7.92. The predicted octanol–water partition coefficient (Wildman–Crippen LogP) is 2.11. The number of benzene rings is 1. The van der Waals surface area contributed by atoms with Crippen molar-refractivity contribution in [2.45, 2.75) is 19.0 Å². The Hall–Kier alpha value is -1.53. The van der Waals surface area contributed by atoms with Crippen LogP contribution in [0.2, 0.25) is 5.02 Å². The molecule has 2 heterocycles. The van der Waals surface area contributed by atoms with E-state index >= 15 is 0 Å². The van der Waals surface area contributed by atoms with Crippen LogP contribution in [0.15, 0.2) is 35.7 Å².